The zero-order chi connectivity index (χ0) is 26.1. The van der Waals surface area contributed by atoms with Crippen LogP contribution in [0.2, 0.25) is 10.0 Å². The molecule has 0 spiro atoms. The number of aliphatic hydroxyl groups excluding tert-OH is 5. The molecule has 0 amide bonds. The summed E-state index contributed by atoms with van der Waals surface area (Å²) in [6, 6.07) is 8.92. The van der Waals surface area contributed by atoms with Crippen LogP contribution in [0.25, 0.3) is 0 Å². The van der Waals surface area contributed by atoms with Crippen LogP contribution < -0.4 is 4.90 Å². The molecule has 5 atom stereocenters. The Morgan fingerprint density at radius 1 is 1.00 bits per heavy atom. The molecule has 2 aromatic rings. The Hall–Kier alpha value is -1.78. The Morgan fingerprint density at radius 3 is 2.29 bits per heavy atom. The van der Waals surface area contributed by atoms with Crippen molar-refractivity contribution in [1.82, 2.24) is 0 Å². The second-order valence-corrected chi connectivity index (χ2v) is 10.7. The quantitative estimate of drug-likeness (QED) is 0.327. The molecule has 0 radical (unpaired) electrons. The average molecular weight is 526 g/mol. The van der Waals surface area contributed by atoms with Crippen molar-refractivity contribution in [3.8, 4) is 0 Å². The number of benzene rings is 2. The summed E-state index contributed by atoms with van der Waals surface area (Å²) in [6.07, 6.45) is -5.46. The molecule has 0 aliphatic carbocycles. The minimum Gasteiger partial charge on any atom is -0.394 e. The highest BCUT2D eigenvalue weighted by Crippen LogP contribution is 2.46. The lowest BCUT2D eigenvalue weighted by Gasteiger charge is -2.49. The molecule has 1 unspecified atom stereocenters. The zero-order valence-electron chi connectivity index (χ0n) is 20.2. The maximum absolute atomic E-state index is 10.7. The van der Waals surface area contributed by atoms with Crippen LogP contribution in [0.1, 0.15) is 44.2 Å². The van der Waals surface area contributed by atoms with Gasteiger partial charge in [0.05, 0.1) is 23.4 Å². The van der Waals surface area contributed by atoms with Gasteiger partial charge in [0.25, 0.3) is 0 Å². The molecule has 0 aromatic heterocycles. The van der Waals surface area contributed by atoms with Gasteiger partial charge in [-0.05, 0) is 74.6 Å². The van der Waals surface area contributed by atoms with Gasteiger partial charge in [-0.3, -0.25) is 0 Å². The molecule has 2 aromatic carbocycles. The van der Waals surface area contributed by atoms with Crippen molar-refractivity contribution in [1.29, 1.82) is 0 Å². The number of hydrogen-bond acceptors (Lipinski definition) is 8. The van der Waals surface area contributed by atoms with Crippen molar-refractivity contribution in [2.75, 3.05) is 18.1 Å². The molecule has 0 saturated carbocycles. The Kier molecular flexibility index (Phi) is 8.81. The number of β-amino-alcohol motifs (C(OH)–C–C–N with tert-alkyl or cyclic N) is 1. The average Bonchev–Trinajstić information content (AvgIpc) is 2.80. The third kappa shape index (κ3) is 6.14. The fraction of sp³-hybridized carbons (Fsp3) is 0.520. The minimum absolute atomic E-state index is 0.0154. The summed E-state index contributed by atoms with van der Waals surface area (Å²) in [5, 5.41) is 59.5. The van der Waals surface area contributed by atoms with Crippen molar-refractivity contribution >= 4 is 40.3 Å². The molecule has 192 valence electrons. The highest BCUT2D eigenvalue weighted by Gasteiger charge is 2.40. The third-order valence-corrected chi connectivity index (χ3v) is 7.13. The van der Waals surface area contributed by atoms with E-state index in [2.05, 4.69) is 31.0 Å². The van der Waals surface area contributed by atoms with Crippen LogP contribution >= 0.6 is 23.2 Å². The van der Waals surface area contributed by atoms with E-state index in [4.69, 9.17) is 28.3 Å². The molecule has 35 heavy (non-hydrogen) atoms. The summed E-state index contributed by atoms with van der Waals surface area (Å²) in [4.78, 5) is 2.00. The van der Waals surface area contributed by atoms with Gasteiger partial charge in [-0.15, -0.1) is 5.11 Å². The molecule has 1 aliphatic heterocycles. The largest absolute Gasteiger partial charge is 0.394 e. The number of rotatable bonds is 8. The first-order chi connectivity index (χ1) is 16.4. The fourth-order valence-corrected chi connectivity index (χ4v) is 4.92. The number of aryl methyl sites for hydroxylation is 1. The van der Waals surface area contributed by atoms with Crippen LogP contribution in [0.5, 0.6) is 0 Å². The van der Waals surface area contributed by atoms with Crippen LogP contribution in [0, 0.1) is 6.92 Å². The van der Waals surface area contributed by atoms with Crippen molar-refractivity contribution < 1.29 is 25.5 Å². The zero-order valence-corrected chi connectivity index (χ0v) is 21.7. The van der Waals surface area contributed by atoms with E-state index in [1.54, 1.807) is 18.2 Å². The Bertz CT molecular complexity index is 1080. The second-order valence-electron chi connectivity index (χ2n) is 9.82. The standard InChI is InChI=1S/C25H33Cl2N3O5/c1-13-7-20-16(9-18(13)28-29-19-8-15(26)5-6-17(19)27)14(2)10-25(3,4)30(20)11-21(32)23(34)24(35)22(33)12-31/h5-9,14,21-24,31-35H,10-12H2,1-4H3/t14?,21-,22+,23+,24-/m1/s1. The highest BCUT2D eigenvalue weighted by molar-refractivity contribution is 6.35. The Labute approximate surface area is 215 Å². The van der Waals surface area contributed by atoms with Gasteiger partial charge in [-0.25, -0.2) is 0 Å². The highest BCUT2D eigenvalue weighted by atomic mass is 35.5. The molecule has 1 aliphatic rings. The molecule has 0 saturated heterocycles. The number of aliphatic hydroxyl groups is 5. The summed E-state index contributed by atoms with van der Waals surface area (Å²) in [6.45, 7) is 7.42. The number of azo groups is 1. The fourth-order valence-electron chi connectivity index (χ4n) is 4.60. The first kappa shape index (κ1) is 27.8. The predicted molar refractivity (Wildman–Crippen MR) is 137 cm³/mol. The van der Waals surface area contributed by atoms with Gasteiger partial charge in [-0.2, -0.15) is 5.11 Å². The SMILES string of the molecule is Cc1cc2c(cc1N=Nc1cc(Cl)ccc1Cl)C(C)CC(C)(C)N2C[C@@H](O)[C@H](O)[C@H](O)[C@@H](O)CO. The van der Waals surface area contributed by atoms with E-state index >= 15 is 0 Å². The van der Waals surface area contributed by atoms with Gasteiger partial charge in [-0.1, -0.05) is 30.1 Å². The van der Waals surface area contributed by atoms with Crippen molar-refractivity contribution in [2.45, 2.75) is 70.0 Å². The first-order valence-electron chi connectivity index (χ1n) is 11.5. The van der Waals surface area contributed by atoms with Crippen LogP contribution in [0.15, 0.2) is 40.6 Å². The molecule has 8 nitrogen and oxygen atoms in total. The van der Waals surface area contributed by atoms with Crippen molar-refractivity contribution in [3.05, 3.63) is 51.5 Å². The maximum Gasteiger partial charge on any atom is 0.111 e. The van der Waals surface area contributed by atoms with E-state index in [0.29, 0.717) is 21.4 Å². The smallest absolute Gasteiger partial charge is 0.111 e. The van der Waals surface area contributed by atoms with E-state index in [1.807, 2.05) is 24.0 Å². The first-order valence-corrected chi connectivity index (χ1v) is 12.2. The second kappa shape index (κ2) is 11.1. The van der Waals surface area contributed by atoms with Gasteiger partial charge < -0.3 is 30.4 Å². The normalized spacial score (nSPS) is 21.0. The summed E-state index contributed by atoms with van der Waals surface area (Å²) >= 11 is 12.3. The van der Waals surface area contributed by atoms with E-state index in [9.17, 15) is 20.4 Å². The third-order valence-electron chi connectivity index (χ3n) is 6.57. The van der Waals surface area contributed by atoms with Crippen LogP contribution in [-0.4, -0.2) is 68.6 Å². The van der Waals surface area contributed by atoms with E-state index in [0.717, 1.165) is 23.2 Å². The van der Waals surface area contributed by atoms with Gasteiger partial charge in [0, 0.05) is 22.8 Å². The maximum atomic E-state index is 10.7. The van der Waals surface area contributed by atoms with Gasteiger partial charge in [0.2, 0.25) is 0 Å². The van der Waals surface area contributed by atoms with Gasteiger partial charge in [0.15, 0.2) is 0 Å². The van der Waals surface area contributed by atoms with Crippen LogP contribution in [-0.2, 0) is 0 Å². The summed E-state index contributed by atoms with van der Waals surface area (Å²) in [7, 11) is 0. The summed E-state index contributed by atoms with van der Waals surface area (Å²) in [5.41, 5.74) is 3.53. The molecule has 10 heteroatoms. The predicted octanol–water partition coefficient (Wildman–Crippen LogP) is 4.25. The molecule has 0 bridgehead atoms. The lowest BCUT2D eigenvalue weighted by molar-refractivity contribution is -0.113. The number of halogens is 2. The number of nitrogens with zero attached hydrogens (tertiary/aromatic N) is 3. The molecule has 3 rings (SSSR count). The molecule has 0 fully saturated rings. The molecular formula is C25H33Cl2N3O5. The molecule has 1 heterocycles. The van der Waals surface area contributed by atoms with Crippen molar-refractivity contribution in [2.24, 2.45) is 10.2 Å². The molecule has 5 N–H and O–H groups in total. The van der Waals surface area contributed by atoms with Crippen molar-refractivity contribution in [3.63, 3.8) is 0 Å². The minimum atomic E-state index is -1.68. The van der Waals surface area contributed by atoms with E-state index < -0.39 is 31.0 Å². The lowest BCUT2D eigenvalue weighted by Crippen LogP contribution is -2.55. The lowest BCUT2D eigenvalue weighted by atomic mass is 9.79. The van der Waals surface area contributed by atoms with E-state index in [-0.39, 0.29) is 18.0 Å². The Morgan fingerprint density at radius 2 is 1.63 bits per heavy atom. The van der Waals surface area contributed by atoms with E-state index in [1.165, 1.54) is 0 Å². The Balaban J connectivity index is 1.94. The van der Waals surface area contributed by atoms with Crippen LogP contribution in [0.3, 0.4) is 0 Å². The number of hydrogen-bond donors (Lipinski definition) is 5. The monoisotopic (exact) mass is 525 g/mol. The number of fused-ring (bicyclic) bond motifs is 1. The molecular weight excluding hydrogens is 493 g/mol. The topological polar surface area (TPSA) is 129 Å². The summed E-state index contributed by atoms with van der Waals surface area (Å²) < 4.78 is 0. The van der Waals surface area contributed by atoms with Gasteiger partial charge in [0.1, 0.15) is 24.0 Å². The van der Waals surface area contributed by atoms with Crippen LogP contribution in [0.4, 0.5) is 17.1 Å². The number of anilines is 1. The van der Waals surface area contributed by atoms with Gasteiger partial charge >= 0.3 is 0 Å². The summed E-state index contributed by atoms with van der Waals surface area (Å²) in [5.74, 6) is 0.185.